The smallest absolute Gasteiger partial charge is 0.0711 e. The van der Waals surface area contributed by atoms with Gasteiger partial charge in [-0.15, -0.1) is 0 Å². The van der Waals surface area contributed by atoms with Crippen molar-refractivity contribution < 1.29 is 0 Å². The lowest BCUT2D eigenvalue weighted by Gasteiger charge is -2.12. The molecule has 5 rings (SSSR count). The number of hydrogen-bond donors (Lipinski definition) is 0. The zero-order valence-electron chi connectivity index (χ0n) is 13.7. The van der Waals surface area contributed by atoms with Gasteiger partial charge in [-0.05, 0) is 48.9 Å². The van der Waals surface area contributed by atoms with Crippen LogP contribution in [0.3, 0.4) is 0 Å². The molecule has 2 nitrogen and oxygen atoms in total. The van der Waals surface area contributed by atoms with Gasteiger partial charge in [-0.1, -0.05) is 36.4 Å². The van der Waals surface area contributed by atoms with E-state index in [0.29, 0.717) is 0 Å². The van der Waals surface area contributed by atoms with Gasteiger partial charge in [0.1, 0.15) is 0 Å². The zero-order chi connectivity index (χ0) is 16.3. The second-order valence-electron chi connectivity index (χ2n) is 6.37. The average molecular weight is 308 g/mol. The minimum absolute atomic E-state index is 1.05. The van der Waals surface area contributed by atoms with Gasteiger partial charge < -0.3 is 0 Å². The quantitative estimate of drug-likeness (QED) is 0.270. The largest absolute Gasteiger partial charge is 0.252 e. The predicted molar refractivity (Wildman–Crippen MR) is 102 cm³/mol. The molecule has 0 aliphatic rings. The Morgan fingerprint density at radius 3 is 1.38 bits per heavy atom. The van der Waals surface area contributed by atoms with Crippen LogP contribution in [0.15, 0.2) is 60.7 Å². The van der Waals surface area contributed by atoms with Gasteiger partial charge in [0.25, 0.3) is 0 Å². The molecule has 0 saturated heterocycles. The summed E-state index contributed by atoms with van der Waals surface area (Å²) in [6, 6.07) is 21.3. The van der Waals surface area contributed by atoms with Gasteiger partial charge in [0.2, 0.25) is 0 Å². The third-order valence-corrected chi connectivity index (χ3v) is 4.90. The Balaban J connectivity index is 2.08. The van der Waals surface area contributed by atoms with Crippen LogP contribution < -0.4 is 0 Å². The van der Waals surface area contributed by atoms with Crippen molar-refractivity contribution in [3.05, 3.63) is 72.1 Å². The molecule has 3 aromatic carbocycles. The molecule has 0 amide bonds. The Bertz CT molecular complexity index is 1170. The first-order valence-corrected chi connectivity index (χ1v) is 8.20. The minimum atomic E-state index is 1.05. The number of rotatable bonds is 0. The molecule has 0 aliphatic carbocycles. The fraction of sp³-hybridized carbons (Fsp3) is 0.0909. The molecule has 2 heterocycles. The molecule has 0 saturated carbocycles. The third kappa shape index (κ3) is 1.77. The molecule has 0 unspecified atom stereocenters. The molecule has 0 aliphatic heterocycles. The lowest BCUT2D eigenvalue weighted by atomic mass is 9.97. The highest BCUT2D eigenvalue weighted by Gasteiger charge is 2.11. The Morgan fingerprint density at radius 1 is 0.500 bits per heavy atom. The highest BCUT2D eigenvalue weighted by Crippen LogP contribution is 2.34. The topological polar surface area (TPSA) is 25.8 Å². The van der Waals surface area contributed by atoms with Gasteiger partial charge in [0, 0.05) is 32.9 Å². The number of hydrogen-bond acceptors (Lipinski definition) is 2. The number of benzene rings is 3. The SMILES string of the molecule is Cc1nc2ccccc2c2cc3c(C)nc4ccccc4c3cc12. The van der Waals surface area contributed by atoms with Crippen molar-refractivity contribution in [3.63, 3.8) is 0 Å². The van der Waals surface area contributed by atoms with E-state index in [1.54, 1.807) is 0 Å². The monoisotopic (exact) mass is 308 g/mol. The van der Waals surface area contributed by atoms with Gasteiger partial charge in [0.05, 0.1) is 11.0 Å². The first-order valence-electron chi connectivity index (χ1n) is 8.20. The summed E-state index contributed by atoms with van der Waals surface area (Å²) < 4.78 is 0. The molecule has 0 spiro atoms. The molecule has 0 radical (unpaired) electrons. The van der Waals surface area contributed by atoms with E-state index in [1.165, 1.54) is 32.3 Å². The molecule has 2 heteroatoms. The van der Waals surface area contributed by atoms with Crippen LogP contribution in [0.5, 0.6) is 0 Å². The van der Waals surface area contributed by atoms with E-state index in [2.05, 4.69) is 62.4 Å². The lowest BCUT2D eigenvalue weighted by molar-refractivity contribution is 1.28. The van der Waals surface area contributed by atoms with Gasteiger partial charge in [-0.2, -0.15) is 0 Å². The van der Waals surface area contributed by atoms with Crippen LogP contribution in [0.4, 0.5) is 0 Å². The molecular weight excluding hydrogens is 292 g/mol. The normalized spacial score (nSPS) is 11.8. The van der Waals surface area contributed by atoms with E-state index < -0.39 is 0 Å². The van der Waals surface area contributed by atoms with Crippen LogP contribution >= 0.6 is 0 Å². The Hall–Kier alpha value is -3.00. The number of nitrogens with zero attached hydrogens (tertiary/aromatic N) is 2. The summed E-state index contributed by atoms with van der Waals surface area (Å²) >= 11 is 0. The molecule has 0 fully saturated rings. The second kappa shape index (κ2) is 4.75. The molecule has 5 aromatic rings. The van der Waals surface area contributed by atoms with Crippen molar-refractivity contribution in [1.82, 2.24) is 9.97 Å². The third-order valence-electron chi connectivity index (χ3n) is 4.90. The van der Waals surface area contributed by atoms with Gasteiger partial charge in [-0.25, -0.2) is 0 Å². The molecule has 2 aromatic heterocycles. The van der Waals surface area contributed by atoms with Gasteiger partial charge in [-0.3, -0.25) is 9.97 Å². The van der Waals surface area contributed by atoms with E-state index in [0.717, 1.165) is 22.4 Å². The van der Waals surface area contributed by atoms with Crippen molar-refractivity contribution >= 4 is 43.4 Å². The van der Waals surface area contributed by atoms with E-state index in [9.17, 15) is 0 Å². The summed E-state index contributed by atoms with van der Waals surface area (Å²) in [4.78, 5) is 9.59. The Kier molecular flexibility index (Phi) is 2.66. The van der Waals surface area contributed by atoms with E-state index in [1.807, 2.05) is 12.1 Å². The van der Waals surface area contributed by atoms with Crippen molar-refractivity contribution in [2.75, 3.05) is 0 Å². The molecular formula is C22H16N2. The molecule has 114 valence electrons. The first kappa shape index (κ1) is 13.4. The standard InChI is InChI=1S/C22H16N2/c1-13-17-11-20-16-8-4-6-10-22(16)24-14(2)18(20)12-19(17)15-7-3-5-9-21(15)23-13/h3-12H,1-2H3. The number of fused-ring (bicyclic) bond motifs is 6. The maximum absolute atomic E-state index is 4.80. The van der Waals surface area contributed by atoms with Crippen LogP contribution in [-0.2, 0) is 0 Å². The maximum Gasteiger partial charge on any atom is 0.0711 e. The molecule has 0 bridgehead atoms. The number of para-hydroxylation sites is 2. The number of aromatic nitrogens is 2. The Labute approximate surface area is 139 Å². The number of pyridine rings is 2. The van der Waals surface area contributed by atoms with Crippen molar-refractivity contribution in [2.24, 2.45) is 0 Å². The van der Waals surface area contributed by atoms with Crippen LogP contribution in [0, 0.1) is 13.8 Å². The fourth-order valence-corrected chi connectivity index (χ4v) is 3.72. The minimum Gasteiger partial charge on any atom is -0.252 e. The van der Waals surface area contributed by atoms with Crippen LogP contribution in [0.1, 0.15) is 11.4 Å². The van der Waals surface area contributed by atoms with Crippen molar-refractivity contribution in [1.29, 1.82) is 0 Å². The summed E-state index contributed by atoms with van der Waals surface area (Å²) in [7, 11) is 0. The van der Waals surface area contributed by atoms with E-state index in [-0.39, 0.29) is 0 Å². The van der Waals surface area contributed by atoms with Crippen molar-refractivity contribution in [3.8, 4) is 0 Å². The zero-order valence-corrected chi connectivity index (χ0v) is 13.7. The van der Waals surface area contributed by atoms with Crippen LogP contribution in [0.2, 0.25) is 0 Å². The maximum atomic E-state index is 4.80. The van der Waals surface area contributed by atoms with E-state index >= 15 is 0 Å². The van der Waals surface area contributed by atoms with Crippen molar-refractivity contribution in [2.45, 2.75) is 13.8 Å². The van der Waals surface area contributed by atoms with Crippen LogP contribution in [0.25, 0.3) is 43.4 Å². The molecule has 0 atom stereocenters. The van der Waals surface area contributed by atoms with Crippen LogP contribution in [-0.4, -0.2) is 9.97 Å². The molecule has 24 heavy (non-hydrogen) atoms. The first-order chi connectivity index (χ1) is 11.7. The summed E-state index contributed by atoms with van der Waals surface area (Å²) in [5.74, 6) is 0. The van der Waals surface area contributed by atoms with Gasteiger partial charge in [0.15, 0.2) is 0 Å². The lowest BCUT2D eigenvalue weighted by Crippen LogP contribution is -1.92. The summed E-state index contributed by atoms with van der Waals surface area (Å²) in [6.45, 7) is 4.19. The predicted octanol–water partition coefficient (Wildman–Crippen LogP) is 5.71. The fourth-order valence-electron chi connectivity index (χ4n) is 3.72. The molecule has 0 N–H and O–H groups in total. The highest BCUT2D eigenvalue weighted by molar-refractivity contribution is 6.16. The summed E-state index contributed by atoms with van der Waals surface area (Å²) in [5.41, 5.74) is 4.25. The highest BCUT2D eigenvalue weighted by atomic mass is 14.7. The second-order valence-corrected chi connectivity index (χ2v) is 6.37. The number of aryl methyl sites for hydroxylation is 2. The van der Waals surface area contributed by atoms with Gasteiger partial charge >= 0.3 is 0 Å². The average Bonchev–Trinajstić information content (AvgIpc) is 2.61. The summed E-state index contributed by atoms with van der Waals surface area (Å²) in [6.07, 6.45) is 0. The van der Waals surface area contributed by atoms with E-state index in [4.69, 9.17) is 9.97 Å². The Morgan fingerprint density at radius 2 is 0.917 bits per heavy atom. The summed E-state index contributed by atoms with van der Waals surface area (Å²) in [5, 5.41) is 7.35.